The van der Waals surface area contributed by atoms with Gasteiger partial charge in [0.25, 0.3) is 0 Å². The summed E-state index contributed by atoms with van der Waals surface area (Å²) in [4.78, 5) is 24.4. The zero-order chi connectivity index (χ0) is 32.9. The van der Waals surface area contributed by atoms with E-state index in [0.717, 1.165) is 64.5 Å². The smallest absolute Gasteiger partial charge is 0.306 e. The molecule has 0 aromatic rings. The molecule has 1 N–H and O–H groups in total. The van der Waals surface area contributed by atoms with Gasteiger partial charge in [-0.25, -0.2) is 0 Å². The highest BCUT2D eigenvalue weighted by Gasteiger charge is 2.14. The molecular weight excluding hydrogens is 558 g/mol. The number of rotatable bonds is 37. The number of carbonyl (C=O) groups is 2. The fourth-order valence-electron chi connectivity index (χ4n) is 6.00. The van der Waals surface area contributed by atoms with Gasteiger partial charge in [0.2, 0.25) is 0 Å². The van der Waals surface area contributed by atoms with Crippen molar-refractivity contribution in [2.24, 2.45) is 0 Å². The molecule has 0 radical (unpaired) electrons. The second kappa shape index (κ2) is 37.4. The van der Waals surface area contributed by atoms with Crippen molar-refractivity contribution < 1.29 is 19.1 Å². The third-order valence-electron chi connectivity index (χ3n) is 9.04. The average Bonchev–Trinajstić information content (AvgIpc) is 3.03. The van der Waals surface area contributed by atoms with Crippen LogP contribution < -0.4 is 5.32 Å². The lowest BCUT2D eigenvalue weighted by atomic mass is 10.0. The van der Waals surface area contributed by atoms with E-state index in [-0.39, 0.29) is 18.0 Å². The van der Waals surface area contributed by atoms with Gasteiger partial charge in [-0.05, 0) is 70.9 Å². The van der Waals surface area contributed by atoms with Crippen molar-refractivity contribution in [3.63, 3.8) is 0 Å². The molecule has 268 valence electrons. The molecule has 0 amide bonds. The molecule has 0 saturated carbocycles. The standard InChI is InChI=1S/C40H79NO4/c1-4-7-10-13-15-16-17-22-30-37-44-39(42)33-27-23-29-36-41-35-28-21-18-20-26-34-40(43)45-38(31-24-12-9-6-3)32-25-19-14-11-8-5-2/h38,41H,4-37H2,1-3H3. The monoisotopic (exact) mass is 638 g/mol. The van der Waals surface area contributed by atoms with Crippen molar-refractivity contribution in [2.45, 2.75) is 226 Å². The molecule has 0 fully saturated rings. The topological polar surface area (TPSA) is 64.6 Å². The Bertz CT molecular complexity index is 611. The van der Waals surface area contributed by atoms with E-state index < -0.39 is 0 Å². The summed E-state index contributed by atoms with van der Waals surface area (Å²) in [5.41, 5.74) is 0. The summed E-state index contributed by atoms with van der Waals surface area (Å²) in [6, 6.07) is 0. The molecule has 0 bridgehead atoms. The average molecular weight is 638 g/mol. The van der Waals surface area contributed by atoms with E-state index in [1.807, 2.05) is 0 Å². The van der Waals surface area contributed by atoms with Gasteiger partial charge in [0.05, 0.1) is 6.61 Å². The maximum Gasteiger partial charge on any atom is 0.306 e. The van der Waals surface area contributed by atoms with Crippen LogP contribution in [0.15, 0.2) is 0 Å². The number of unbranched alkanes of at least 4 members (excludes halogenated alkanes) is 22. The van der Waals surface area contributed by atoms with Crippen molar-refractivity contribution in [3.05, 3.63) is 0 Å². The first-order valence-corrected chi connectivity index (χ1v) is 20.2. The molecule has 45 heavy (non-hydrogen) atoms. The Kier molecular flexibility index (Phi) is 36.4. The summed E-state index contributed by atoms with van der Waals surface area (Å²) in [5, 5.41) is 3.54. The molecule has 0 saturated heterocycles. The molecule has 5 heteroatoms. The summed E-state index contributed by atoms with van der Waals surface area (Å²) in [5.74, 6) is 0.00128. The molecule has 0 aliphatic rings. The molecule has 0 aromatic carbocycles. The van der Waals surface area contributed by atoms with Crippen molar-refractivity contribution in [1.82, 2.24) is 5.32 Å². The first-order valence-electron chi connectivity index (χ1n) is 20.2. The van der Waals surface area contributed by atoms with Gasteiger partial charge < -0.3 is 14.8 Å². The summed E-state index contributed by atoms with van der Waals surface area (Å²) < 4.78 is 11.3. The first kappa shape index (κ1) is 43.9. The molecule has 1 unspecified atom stereocenters. The fraction of sp³-hybridized carbons (Fsp3) is 0.950. The fourth-order valence-corrected chi connectivity index (χ4v) is 6.00. The predicted molar refractivity (Wildman–Crippen MR) is 194 cm³/mol. The summed E-state index contributed by atoms with van der Waals surface area (Å²) in [7, 11) is 0. The maximum atomic E-state index is 12.5. The largest absolute Gasteiger partial charge is 0.466 e. The molecule has 0 heterocycles. The van der Waals surface area contributed by atoms with E-state index in [2.05, 4.69) is 26.1 Å². The number of hydrogen-bond acceptors (Lipinski definition) is 5. The van der Waals surface area contributed by atoms with Crippen LogP contribution in [0.1, 0.15) is 220 Å². The molecule has 0 spiro atoms. The van der Waals surface area contributed by atoms with E-state index in [0.29, 0.717) is 19.4 Å². The van der Waals surface area contributed by atoms with Crippen molar-refractivity contribution >= 4 is 11.9 Å². The van der Waals surface area contributed by atoms with E-state index in [9.17, 15) is 9.59 Å². The van der Waals surface area contributed by atoms with Gasteiger partial charge in [-0.2, -0.15) is 0 Å². The summed E-state index contributed by atoms with van der Waals surface area (Å²) in [6.07, 6.45) is 36.4. The highest BCUT2D eigenvalue weighted by Crippen LogP contribution is 2.18. The number of nitrogens with one attached hydrogen (secondary N) is 1. The highest BCUT2D eigenvalue weighted by atomic mass is 16.5. The van der Waals surface area contributed by atoms with E-state index in [4.69, 9.17) is 9.47 Å². The van der Waals surface area contributed by atoms with Crippen LogP contribution in [0.2, 0.25) is 0 Å². The van der Waals surface area contributed by atoms with E-state index in [1.54, 1.807) is 0 Å². The molecule has 0 aliphatic carbocycles. The van der Waals surface area contributed by atoms with Crippen LogP contribution in [-0.2, 0) is 19.1 Å². The van der Waals surface area contributed by atoms with Gasteiger partial charge in [-0.1, -0.05) is 149 Å². The van der Waals surface area contributed by atoms with Crippen molar-refractivity contribution in [2.75, 3.05) is 19.7 Å². The summed E-state index contributed by atoms with van der Waals surface area (Å²) in [6.45, 7) is 9.44. The van der Waals surface area contributed by atoms with Crippen LogP contribution in [0.3, 0.4) is 0 Å². The van der Waals surface area contributed by atoms with Gasteiger partial charge in [-0.15, -0.1) is 0 Å². The predicted octanol–water partition coefficient (Wildman–Crippen LogP) is 12.2. The number of carbonyl (C=O) groups excluding carboxylic acids is 2. The Morgan fingerprint density at radius 3 is 1.36 bits per heavy atom. The van der Waals surface area contributed by atoms with Gasteiger partial charge in [0, 0.05) is 12.8 Å². The van der Waals surface area contributed by atoms with Gasteiger partial charge in [-0.3, -0.25) is 9.59 Å². The first-order chi connectivity index (χ1) is 22.1. The van der Waals surface area contributed by atoms with Crippen molar-refractivity contribution in [3.8, 4) is 0 Å². The molecule has 0 aliphatic heterocycles. The van der Waals surface area contributed by atoms with Gasteiger partial charge >= 0.3 is 11.9 Å². The lowest BCUT2D eigenvalue weighted by molar-refractivity contribution is -0.150. The normalized spacial score (nSPS) is 12.0. The SMILES string of the molecule is CCCCCCCCCCCOC(=O)CCCCCNCCCCCCCC(=O)OC(CCCCCC)CCCCCCCC. The lowest BCUT2D eigenvalue weighted by Crippen LogP contribution is -2.18. The number of ether oxygens (including phenoxy) is 2. The minimum absolute atomic E-state index is 0.0221. The minimum atomic E-state index is -0.0221. The second-order valence-corrected chi connectivity index (χ2v) is 13.6. The Hall–Kier alpha value is -1.10. The van der Waals surface area contributed by atoms with Gasteiger partial charge in [0.15, 0.2) is 0 Å². The van der Waals surface area contributed by atoms with Crippen molar-refractivity contribution in [1.29, 1.82) is 0 Å². The maximum absolute atomic E-state index is 12.5. The second-order valence-electron chi connectivity index (χ2n) is 13.6. The Balaban J connectivity index is 3.58. The zero-order valence-corrected chi connectivity index (χ0v) is 30.8. The minimum Gasteiger partial charge on any atom is -0.466 e. The Labute approximate surface area is 281 Å². The Morgan fingerprint density at radius 1 is 0.444 bits per heavy atom. The third kappa shape index (κ3) is 35.6. The van der Waals surface area contributed by atoms with Gasteiger partial charge in [0.1, 0.15) is 6.10 Å². The quantitative estimate of drug-likeness (QED) is 0.0542. The third-order valence-corrected chi connectivity index (χ3v) is 9.04. The Morgan fingerprint density at radius 2 is 0.822 bits per heavy atom. The lowest BCUT2D eigenvalue weighted by Gasteiger charge is -2.18. The van der Waals surface area contributed by atoms with Crippen LogP contribution in [0.4, 0.5) is 0 Å². The van der Waals surface area contributed by atoms with Crippen LogP contribution >= 0.6 is 0 Å². The van der Waals surface area contributed by atoms with Crippen LogP contribution in [-0.4, -0.2) is 37.7 Å². The van der Waals surface area contributed by atoms with E-state index in [1.165, 1.54) is 135 Å². The zero-order valence-electron chi connectivity index (χ0n) is 30.8. The number of hydrogen-bond donors (Lipinski definition) is 1. The molecular formula is C40H79NO4. The molecule has 1 atom stereocenters. The molecule has 0 aromatic heterocycles. The highest BCUT2D eigenvalue weighted by molar-refractivity contribution is 5.69. The van der Waals surface area contributed by atoms with Crippen LogP contribution in [0.25, 0.3) is 0 Å². The molecule has 5 nitrogen and oxygen atoms in total. The van der Waals surface area contributed by atoms with Crippen LogP contribution in [0, 0.1) is 0 Å². The molecule has 0 rings (SSSR count). The van der Waals surface area contributed by atoms with E-state index >= 15 is 0 Å². The number of esters is 2. The van der Waals surface area contributed by atoms with Crippen LogP contribution in [0.5, 0.6) is 0 Å². The summed E-state index contributed by atoms with van der Waals surface area (Å²) >= 11 is 0.